The lowest BCUT2D eigenvalue weighted by atomic mass is 10.0. The van der Waals surface area contributed by atoms with E-state index in [1.807, 2.05) is 0 Å². The van der Waals surface area contributed by atoms with Gasteiger partial charge >= 0.3 is 16.1 Å². The second kappa shape index (κ2) is 17.4. The molecular weight excluding hydrogens is 438 g/mol. The maximum absolute atomic E-state index is 12.3. The summed E-state index contributed by atoms with van der Waals surface area (Å²) in [6.45, 7) is 4.58. The van der Waals surface area contributed by atoms with Crippen molar-refractivity contribution >= 4 is 10.1 Å². The summed E-state index contributed by atoms with van der Waals surface area (Å²) < 4.78 is 29.4. The van der Waals surface area contributed by atoms with E-state index in [1.165, 1.54) is 82.8 Å². The van der Waals surface area contributed by atoms with Gasteiger partial charge in [-0.25, -0.2) is 4.18 Å². The fraction of sp³-hybridized carbons (Fsp3) is 0.769. The van der Waals surface area contributed by atoms with E-state index in [9.17, 15) is 18.6 Å². The van der Waals surface area contributed by atoms with Crippen LogP contribution >= 0.6 is 0 Å². The second-order valence-electron chi connectivity index (χ2n) is 9.02. The molecule has 0 heterocycles. The molecule has 1 atom stereocenters. The van der Waals surface area contributed by atoms with Crippen molar-refractivity contribution in [2.75, 3.05) is 6.54 Å². The van der Waals surface area contributed by atoms with Gasteiger partial charge < -0.3 is 15.5 Å². The van der Waals surface area contributed by atoms with Crippen LogP contribution in [0.25, 0.3) is 0 Å². The van der Waals surface area contributed by atoms with E-state index < -0.39 is 22.1 Å². The molecule has 7 heteroatoms. The Morgan fingerprint density at radius 1 is 0.788 bits per heavy atom. The fourth-order valence-electron chi connectivity index (χ4n) is 3.99. The average molecular weight is 486 g/mol. The Kier molecular flexibility index (Phi) is 15.9. The molecule has 6 nitrogen and oxygen atoms in total. The van der Waals surface area contributed by atoms with Crippen LogP contribution in [0.1, 0.15) is 110 Å². The highest BCUT2D eigenvalue weighted by Gasteiger charge is 2.40. The summed E-state index contributed by atoms with van der Waals surface area (Å²) >= 11 is 0. The Labute approximate surface area is 202 Å². The Balaban J connectivity index is 2.13. The van der Waals surface area contributed by atoms with Gasteiger partial charge in [-0.3, -0.25) is 0 Å². The Bertz CT molecular complexity index is 694. The smallest absolute Gasteiger partial charge is 0.309 e. The van der Waals surface area contributed by atoms with Crippen LogP contribution in [-0.4, -0.2) is 37.2 Å². The molecule has 1 unspecified atom stereocenters. The zero-order valence-electron chi connectivity index (χ0n) is 20.8. The molecule has 0 spiro atoms. The average Bonchev–Trinajstić information content (AvgIpc) is 2.78. The van der Waals surface area contributed by atoms with Gasteiger partial charge in [0.15, 0.2) is 0 Å². The van der Waals surface area contributed by atoms with Gasteiger partial charge in [0.25, 0.3) is 0 Å². The van der Waals surface area contributed by atoms with Gasteiger partial charge in [0.05, 0.1) is 10.9 Å². The summed E-state index contributed by atoms with van der Waals surface area (Å²) in [6, 6.07) is 6.59. The molecule has 0 radical (unpaired) electrons. The maximum atomic E-state index is 12.3. The minimum Gasteiger partial charge on any atom is -0.341 e. The summed E-state index contributed by atoms with van der Waals surface area (Å²) in [5.74, 6) is -2.81. The zero-order valence-corrected chi connectivity index (χ0v) is 21.6. The normalized spacial score (nSPS) is 13.3. The minimum atomic E-state index is -4.27. The molecule has 0 saturated heterocycles. The topological polar surface area (TPSA) is 95.9 Å². The van der Waals surface area contributed by atoms with Gasteiger partial charge in [-0.05, 0) is 31.5 Å². The third-order valence-corrected chi connectivity index (χ3v) is 7.36. The van der Waals surface area contributed by atoms with Crippen LogP contribution in [-0.2, 0) is 14.3 Å². The highest BCUT2D eigenvalue weighted by atomic mass is 32.2. The SMILES string of the molecule is CCCCCCCCCCCCCCCCNC(CC)C(O)(O)OS(=O)(=O)c1ccccc1. The van der Waals surface area contributed by atoms with Crippen LogP contribution < -0.4 is 5.32 Å². The highest BCUT2D eigenvalue weighted by molar-refractivity contribution is 7.86. The summed E-state index contributed by atoms with van der Waals surface area (Å²) in [7, 11) is -4.27. The minimum absolute atomic E-state index is 0.112. The van der Waals surface area contributed by atoms with Gasteiger partial charge in [0.1, 0.15) is 0 Å². The zero-order chi connectivity index (χ0) is 24.4. The van der Waals surface area contributed by atoms with Crippen molar-refractivity contribution < 1.29 is 22.8 Å². The molecule has 0 bridgehead atoms. The number of unbranched alkanes of at least 4 members (excludes halogenated alkanes) is 13. The summed E-state index contributed by atoms with van der Waals surface area (Å²) in [5, 5.41) is 23.6. The van der Waals surface area contributed by atoms with Crippen LogP contribution in [0.15, 0.2) is 35.2 Å². The first-order chi connectivity index (χ1) is 15.8. The predicted molar refractivity (Wildman–Crippen MR) is 134 cm³/mol. The Hall–Kier alpha value is -0.990. The lowest BCUT2D eigenvalue weighted by Gasteiger charge is -2.30. The van der Waals surface area contributed by atoms with Gasteiger partial charge in [-0.2, -0.15) is 8.42 Å². The van der Waals surface area contributed by atoms with Crippen LogP contribution in [0, 0.1) is 0 Å². The number of hydrogen-bond acceptors (Lipinski definition) is 6. The molecule has 0 aliphatic heterocycles. The summed E-state index contributed by atoms with van der Waals surface area (Å²) in [4.78, 5) is -0.112. The van der Waals surface area contributed by atoms with Crippen LogP contribution in [0.5, 0.6) is 0 Å². The molecule has 0 saturated carbocycles. The van der Waals surface area contributed by atoms with Crippen molar-refractivity contribution in [3.05, 3.63) is 30.3 Å². The van der Waals surface area contributed by atoms with Crippen molar-refractivity contribution in [1.82, 2.24) is 5.32 Å². The van der Waals surface area contributed by atoms with Gasteiger partial charge in [0.2, 0.25) is 0 Å². The van der Waals surface area contributed by atoms with E-state index in [0.29, 0.717) is 13.0 Å². The molecular formula is C26H47NO5S. The van der Waals surface area contributed by atoms with Crippen molar-refractivity contribution in [3.63, 3.8) is 0 Å². The second-order valence-corrected chi connectivity index (χ2v) is 10.6. The molecule has 3 N–H and O–H groups in total. The molecule has 0 aliphatic rings. The van der Waals surface area contributed by atoms with Crippen molar-refractivity contribution in [1.29, 1.82) is 0 Å². The molecule has 1 rings (SSSR count). The van der Waals surface area contributed by atoms with E-state index in [1.54, 1.807) is 25.1 Å². The number of benzene rings is 1. The quantitative estimate of drug-likeness (QED) is 0.114. The van der Waals surface area contributed by atoms with Crippen LogP contribution in [0.4, 0.5) is 0 Å². The van der Waals surface area contributed by atoms with E-state index in [0.717, 1.165) is 19.3 Å². The Morgan fingerprint density at radius 2 is 1.24 bits per heavy atom. The largest absolute Gasteiger partial charge is 0.341 e. The number of hydrogen-bond donors (Lipinski definition) is 3. The predicted octanol–water partition coefficient (Wildman–Crippen LogP) is 5.88. The van der Waals surface area contributed by atoms with Crippen LogP contribution in [0.2, 0.25) is 0 Å². The lowest BCUT2D eigenvalue weighted by molar-refractivity contribution is -0.306. The van der Waals surface area contributed by atoms with Crippen molar-refractivity contribution in [2.45, 2.75) is 127 Å². The lowest BCUT2D eigenvalue weighted by Crippen LogP contribution is -2.53. The van der Waals surface area contributed by atoms with Gasteiger partial charge in [-0.15, -0.1) is 0 Å². The van der Waals surface area contributed by atoms with E-state index in [4.69, 9.17) is 4.18 Å². The molecule has 1 aromatic rings. The highest BCUT2D eigenvalue weighted by Crippen LogP contribution is 2.21. The first-order valence-corrected chi connectivity index (χ1v) is 14.4. The first kappa shape index (κ1) is 30.0. The molecule has 0 fully saturated rings. The standard InChI is InChI=1S/C26H47NO5S/c1-3-5-6-7-8-9-10-11-12-13-14-15-16-20-23-27-25(4-2)26(28,29)32-33(30,31)24-21-18-17-19-22-24/h17-19,21-22,25,27-29H,3-16,20,23H2,1-2H3. The van der Waals surface area contributed by atoms with E-state index >= 15 is 0 Å². The maximum Gasteiger partial charge on any atom is 0.309 e. The number of nitrogens with one attached hydrogen (secondary N) is 1. The van der Waals surface area contributed by atoms with Gasteiger partial charge in [0, 0.05) is 0 Å². The molecule has 0 aliphatic carbocycles. The number of aliphatic hydroxyl groups is 2. The Morgan fingerprint density at radius 3 is 1.70 bits per heavy atom. The molecule has 1 aromatic carbocycles. The molecule has 0 amide bonds. The van der Waals surface area contributed by atoms with E-state index in [2.05, 4.69) is 12.2 Å². The molecule has 0 aromatic heterocycles. The van der Waals surface area contributed by atoms with Crippen molar-refractivity contribution in [3.8, 4) is 0 Å². The van der Waals surface area contributed by atoms with Crippen LogP contribution in [0.3, 0.4) is 0 Å². The van der Waals surface area contributed by atoms with Gasteiger partial charge in [-0.1, -0.05) is 116 Å². The van der Waals surface area contributed by atoms with E-state index in [-0.39, 0.29) is 4.90 Å². The summed E-state index contributed by atoms with van der Waals surface area (Å²) in [5.41, 5.74) is 0. The van der Waals surface area contributed by atoms with Crippen molar-refractivity contribution in [2.24, 2.45) is 0 Å². The molecule has 192 valence electrons. The number of rotatable bonds is 21. The monoisotopic (exact) mass is 485 g/mol. The third kappa shape index (κ3) is 13.5. The molecule has 33 heavy (non-hydrogen) atoms. The fourth-order valence-corrected chi connectivity index (χ4v) is 5.02. The first-order valence-electron chi connectivity index (χ1n) is 13.0. The summed E-state index contributed by atoms with van der Waals surface area (Å²) in [6.07, 6.45) is 18.2. The third-order valence-electron chi connectivity index (χ3n) is 6.05.